The molecule has 5 heteroatoms. The van der Waals surface area contributed by atoms with Crippen molar-refractivity contribution in [2.24, 2.45) is 7.05 Å². The van der Waals surface area contributed by atoms with E-state index in [-0.39, 0.29) is 11.2 Å². The van der Waals surface area contributed by atoms with Gasteiger partial charge in [-0.3, -0.25) is 0 Å². The second-order valence-electron chi connectivity index (χ2n) is 8.61. The lowest BCUT2D eigenvalue weighted by Crippen LogP contribution is -2.32. The third-order valence-corrected chi connectivity index (χ3v) is 5.39. The first-order valence-electron chi connectivity index (χ1n) is 9.52. The highest BCUT2D eigenvalue weighted by molar-refractivity contribution is 6.11. The Morgan fingerprint density at radius 2 is 1.86 bits per heavy atom. The molecule has 0 amide bonds. The molecule has 0 radical (unpaired) electrons. The molecule has 0 bridgehead atoms. The monoisotopic (exact) mass is 388 g/mol. The number of hydrogen-bond donors (Lipinski definition) is 0. The molecule has 4 nitrogen and oxygen atoms in total. The Hall–Kier alpha value is -3.26. The maximum absolute atomic E-state index is 14.1. The van der Waals surface area contributed by atoms with Crippen molar-refractivity contribution >= 4 is 27.9 Å². The quantitative estimate of drug-likeness (QED) is 0.293. The smallest absolute Gasteiger partial charge is 0.322 e. The van der Waals surface area contributed by atoms with E-state index in [1.165, 1.54) is 6.20 Å². The number of aryl methyl sites for hydroxylation is 3. The van der Waals surface area contributed by atoms with Gasteiger partial charge in [0, 0.05) is 11.5 Å². The number of hydrogen-bond acceptors (Lipinski definition) is 2. The normalized spacial score (nSPS) is 11.9. The van der Waals surface area contributed by atoms with Gasteiger partial charge >= 0.3 is 5.71 Å². The minimum Gasteiger partial charge on any atom is -0.419 e. The molecule has 0 saturated heterocycles. The Morgan fingerprint density at radius 3 is 2.52 bits per heavy atom. The maximum atomic E-state index is 14.1. The third kappa shape index (κ3) is 2.96. The molecule has 0 atom stereocenters. The number of rotatable bonds is 1. The van der Waals surface area contributed by atoms with Crippen LogP contribution in [0.4, 0.5) is 10.2 Å². The Kier molecular flexibility index (Phi) is 4.20. The molecule has 29 heavy (non-hydrogen) atoms. The molecular formula is C24H23FN3O+. The number of fused-ring (bicyclic) bond motifs is 3. The first-order valence-corrected chi connectivity index (χ1v) is 9.52. The number of nitrogens with zero attached hydrogens (tertiary/aromatic N) is 3. The fourth-order valence-electron chi connectivity index (χ4n) is 3.89. The predicted molar refractivity (Wildman–Crippen MR) is 113 cm³/mol. The zero-order valence-electron chi connectivity index (χ0n) is 17.5. The summed E-state index contributed by atoms with van der Waals surface area (Å²) in [6, 6.07) is 7.66. The van der Waals surface area contributed by atoms with Crippen molar-refractivity contribution < 1.29 is 13.4 Å². The van der Waals surface area contributed by atoms with Gasteiger partial charge in [0.15, 0.2) is 11.4 Å². The van der Waals surface area contributed by atoms with Crippen LogP contribution in [0, 0.1) is 26.2 Å². The standard InChI is InChI=1S/C24H23FN3O/c1-13-11-18(28(7)12-17(13)25)20-14(2)10-16(24(3,4)5)21-15-8-9-19(26-6)27-23(15)29-22(20)21/h8-12H,1-5,7H3/q+1. The molecule has 4 aromatic rings. The molecule has 0 aliphatic rings. The SMILES string of the molecule is [C-]#[N+]c1ccc2c(n1)oc1c(-c3cc(C)c(F)c[n+]3C)c(C)cc(C(C)(C)C)c12. The fourth-order valence-corrected chi connectivity index (χ4v) is 3.89. The summed E-state index contributed by atoms with van der Waals surface area (Å²) in [5.74, 6) is 0.0553. The van der Waals surface area contributed by atoms with Gasteiger partial charge in [0.05, 0.1) is 10.9 Å². The third-order valence-electron chi connectivity index (χ3n) is 5.39. The molecule has 0 spiro atoms. The molecule has 0 fully saturated rings. The van der Waals surface area contributed by atoms with Crippen LogP contribution in [0.5, 0.6) is 0 Å². The Balaban J connectivity index is 2.21. The van der Waals surface area contributed by atoms with Crippen LogP contribution in [0.1, 0.15) is 37.5 Å². The van der Waals surface area contributed by atoms with Crippen molar-refractivity contribution in [2.45, 2.75) is 40.0 Å². The fraction of sp³-hybridized carbons (Fsp3) is 0.292. The molecule has 0 N–H and O–H groups in total. The van der Waals surface area contributed by atoms with Gasteiger partial charge in [-0.05, 0) is 42.0 Å². The van der Waals surface area contributed by atoms with Crippen molar-refractivity contribution in [1.82, 2.24) is 4.98 Å². The summed E-state index contributed by atoms with van der Waals surface area (Å²) in [5.41, 5.74) is 5.64. The molecule has 146 valence electrons. The topological polar surface area (TPSA) is 34.3 Å². The lowest BCUT2D eigenvalue weighted by atomic mass is 9.81. The highest BCUT2D eigenvalue weighted by atomic mass is 19.1. The molecule has 0 aliphatic carbocycles. The zero-order valence-corrected chi connectivity index (χ0v) is 17.5. The van der Waals surface area contributed by atoms with E-state index in [0.29, 0.717) is 17.1 Å². The van der Waals surface area contributed by atoms with E-state index in [1.807, 2.05) is 26.1 Å². The van der Waals surface area contributed by atoms with E-state index in [4.69, 9.17) is 11.0 Å². The van der Waals surface area contributed by atoms with Gasteiger partial charge in [0.1, 0.15) is 7.05 Å². The summed E-state index contributed by atoms with van der Waals surface area (Å²) >= 11 is 0. The van der Waals surface area contributed by atoms with Crippen LogP contribution >= 0.6 is 0 Å². The van der Waals surface area contributed by atoms with Crippen LogP contribution in [-0.2, 0) is 12.5 Å². The van der Waals surface area contributed by atoms with E-state index < -0.39 is 0 Å². The molecule has 3 aromatic heterocycles. The highest BCUT2D eigenvalue weighted by Gasteiger charge is 2.29. The summed E-state index contributed by atoms with van der Waals surface area (Å²) in [6.45, 7) is 17.6. The van der Waals surface area contributed by atoms with Gasteiger partial charge in [0.2, 0.25) is 11.9 Å². The summed E-state index contributed by atoms with van der Waals surface area (Å²) in [7, 11) is 1.83. The first-order chi connectivity index (χ1) is 13.6. The summed E-state index contributed by atoms with van der Waals surface area (Å²) in [5, 5.41) is 1.89. The average molecular weight is 388 g/mol. The Labute approximate surface area is 169 Å². The largest absolute Gasteiger partial charge is 0.419 e. The van der Waals surface area contributed by atoms with Crippen molar-refractivity contribution in [3.8, 4) is 11.3 Å². The number of halogens is 1. The number of aromatic nitrogens is 2. The summed E-state index contributed by atoms with van der Waals surface area (Å²) in [6.07, 6.45) is 1.49. The van der Waals surface area contributed by atoms with Crippen LogP contribution in [0.15, 0.2) is 34.9 Å². The van der Waals surface area contributed by atoms with E-state index in [1.54, 1.807) is 17.6 Å². The molecule has 3 heterocycles. The van der Waals surface area contributed by atoms with Crippen molar-refractivity contribution in [3.05, 3.63) is 64.4 Å². The van der Waals surface area contributed by atoms with Gasteiger partial charge < -0.3 is 9.26 Å². The minimum absolute atomic E-state index is 0.113. The lowest BCUT2D eigenvalue weighted by molar-refractivity contribution is -0.662. The maximum Gasteiger partial charge on any atom is 0.322 e. The Morgan fingerprint density at radius 1 is 1.14 bits per heavy atom. The van der Waals surface area contributed by atoms with Crippen molar-refractivity contribution in [1.29, 1.82) is 0 Å². The van der Waals surface area contributed by atoms with Gasteiger partial charge in [-0.15, -0.1) is 0 Å². The van der Waals surface area contributed by atoms with E-state index in [2.05, 4.69) is 36.7 Å². The molecule has 0 saturated carbocycles. The lowest BCUT2D eigenvalue weighted by Gasteiger charge is -2.22. The van der Waals surface area contributed by atoms with Crippen LogP contribution < -0.4 is 4.57 Å². The predicted octanol–water partition coefficient (Wildman–Crippen LogP) is 6.08. The molecule has 0 unspecified atom stereocenters. The molecular weight excluding hydrogens is 365 g/mol. The van der Waals surface area contributed by atoms with E-state index in [0.717, 1.165) is 38.7 Å². The number of pyridine rings is 2. The molecule has 4 rings (SSSR count). The van der Waals surface area contributed by atoms with E-state index >= 15 is 0 Å². The summed E-state index contributed by atoms with van der Waals surface area (Å²) in [4.78, 5) is 7.81. The van der Waals surface area contributed by atoms with Crippen molar-refractivity contribution in [3.63, 3.8) is 0 Å². The van der Waals surface area contributed by atoms with Crippen LogP contribution in [0.2, 0.25) is 0 Å². The Bertz CT molecular complexity index is 1340. The van der Waals surface area contributed by atoms with Gasteiger partial charge in [-0.2, -0.15) is 4.57 Å². The van der Waals surface area contributed by atoms with Crippen LogP contribution in [0.25, 0.3) is 38.2 Å². The molecule has 1 aromatic carbocycles. The zero-order chi connectivity index (χ0) is 21.1. The average Bonchev–Trinajstić information content (AvgIpc) is 3.01. The molecule has 0 aliphatic heterocycles. The van der Waals surface area contributed by atoms with Crippen LogP contribution in [0.3, 0.4) is 0 Å². The second-order valence-corrected chi connectivity index (χ2v) is 8.61. The highest BCUT2D eigenvalue weighted by Crippen LogP contribution is 2.43. The summed E-state index contributed by atoms with van der Waals surface area (Å²) < 4.78 is 22.1. The van der Waals surface area contributed by atoms with Crippen molar-refractivity contribution in [2.75, 3.05) is 0 Å². The second kappa shape index (κ2) is 6.38. The minimum atomic E-state index is -0.246. The van der Waals surface area contributed by atoms with Gasteiger partial charge in [0.25, 0.3) is 5.82 Å². The number of furan rings is 1. The first kappa shape index (κ1) is 19.1. The van der Waals surface area contributed by atoms with E-state index in [9.17, 15) is 4.39 Å². The van der Waals surface area contributed by atoms with Gasteiger partial charge in [-0.25, -0.2) is 4.39 Å². The number of benzene rings is 1. The van der Waals surface area contributed by atoms with Gasteiger partial charge in [-0.1, -0.05) is 44.5 Å². The van der Waals surface area contributed by atoms with Crippen LogP contribution in [-0.4, -0.2) is 4.98 Å².